The maximum Gasteiger partial charge on any atom is 0.226 e. The first-order valence-corrected chi connectivity index (χ1v) is 7.68. The third-order valence-corrected chi connectivity index (χ3v) is 3.53. The average Bonchev–Trinajstić information content (AvgIpc) is 2.27. The van der Waals surface area contributed by atoms with E-state index in [2.05, 4.69) is 26.1 Å². The summed E-state index contributed by atoms with van der Waals surface area (Å²) < 4.78 is 0. The van der Waals surface area contributed by atoms with Crippen molar-refractivity contribution in [1.29, 1.82) is 0 Å². The molecule has 0 radical (unpaired) electrons. The Morgan fingerprint density at radius 2 is 1.53 bits per heavy atom. The number of hydrogen-bond donors (Lipinski definition) is 1. The van der Waals surface area contributed by atoms with Gasteiger partial charge in [-0.25, -0.2) is 0 Å². The lowest BCUT2D eigenvalue weighted by Crippen LogP contribution is -2.27. The van der Waals surface area contributed by atoms with Gasteiger partial charge in [0.15, 0.2) is 0 Å². The lowest BCUT2D eigenvalue weighted by molar-refractivity contribution is -0.129. The number of carbonyl (C=O) groups excluding carboxylic acids is 2. The zero-order valence-corrected chi connectivity index (χ0v) is 13.2. The van der Waals surface area contributed by atoms with Crippen LogP contribution in [0.3, 0.4) is 0 Å². The van der Waals surface area contributed by atoms with Crippen molar-refractivity contribution in [3.8, 4) is 0 Å². The van der Waals surface area contributed by atoms with Gasteiger partial charge in [0.25, 0.3) is 0 Å². The molecule has 0 heterocycles. The second-order valence-electron chi connectivity index (χ2n) is 6.29. The Hall–Kier alpha value is -0.860. The van der Waals surface area contributed by atoms with E-state index in [1.54, 1.807) is 0 Å². The summed E-state index contributed by atoms with van der Waals surface area (Å²) in [6.07, 6.45) is 10.0. The molecule has 0 aromatic rings. The van der Waals surface area contributed by atoms with E-state index in [9.17, 15) is 9.59 Å². The molecule has 0 saturated carbocycles. The van der Waals surface area contributed by atoms with E-state index in [0.717, 1.165) is 12.8 Å². The van der Waals surface area contributed by atoms with Crippen LogP contribution >= 0.6 is 0 Å². The first kappa shape index (κ1) is 18.1. The highest BCUT2D eigenvalue weighted by atomic mass is 16.2. The van der Waals surface area contributed by atoms with E-state index in [1.807, 2.05) is 0 Å². The summed E-state index contributed by atoms with van der Waals surface area (Å²) >= 11 is 0. The summed E-state index contributed by atoms with van der Waals surface area (Å²) in [4.78, 5) is 21.9. The van der Waals surface area contributed by atoms with E-state index < -0.39 is 0 Å². The predicted octanol–water partition coefficient (Wildman–Crippen LogP) is 4.21. The largest absolute Gasteiger partial charge is 0.297 e. The summed E-state index contributed by atoms with van der Waals surface area (Å²) in [7, 11) is 0. The van der Waals surface area contributed by atoms with Crippen molar-refractivity contribution >= 4 is 11.8 Å². The highest BCUT2D eigenvalue weighted by molar-refractivity contribution is 5.93. The van der Waals surface area contributed by atoms with Crippen molar-refractivity contribution in [3.63, 3.8) is 0 Å². The zero-order valence-electron chi connectivity index (χ0n) is 13.2. The van der Waals surface area contributed by atoms with Crippen LogP contribution in [0.4, 0.5) is 0 Å². The normalized spacial score (nSPS) is 11.4. The molecule has 0 unspecified atom stereocenters. The van der Waals surface area contributed by atoms with Gasteiger partial charge in [-0.15, -0.1) is 0 Å². The first-order valence-electron chi connectivity index (χ1n) is 7.68. The minimum Gasteiger partial charge on any atom is -0.297 e. The Kier molecular flexibility index (Phi) is 9.54. The average molecular weight is 269 g/mol. The Balaban J connectivity index is 3.56. The lowest BCUT2D eigenvalue weighted by Gasteiger charge is -2.24. The van der Waals surface area contributed by atoms with Gasteiger partial charge >= 0.3 is 0 Å². The highest BCUT2D eigenvalue weighted by Gasteiger charge is 2.16. The lowest BCUT2D eigenvalue weighted by atomic mass is 9.82. The van der Waals surface area contributed by atoms with Crippen molar-refractivity contribution in [3.05, 3.63) is 0 Å². The Bertz CT molecular complexity index is 272. The SMILES string of the molecule is CCCCCC(C)(C)CCCCCC(=O)NC(C)=O. The van der Waals surface area contributed by atoms with Gasteiger partial charge in [0, 0.05) is 13.3 Å². The van der Waals surface area contributed by atoms with Crippen molar-refractivity contribution in [2.45, 2.75) is 85.5 Å². The molecule has 0 spiro atoms. The quantitative estimate of drug-likeness (QED) is 0.604. The molecule has 2 amide bonds. The van der Waals surface area contributed by atoms with Gasteiger partial charge in [-0.3, -0.25) is 14.9 Å². The zero-order chi connectivity index (χ0) is 14.7. The van der Waals surface area contributed by atoms with Gasteiger partial charge in [0.05, 0.1) is 0 Å². The molecule has 0 atom stereocenters. The van der Waals surface area contributed by atoms with Crippen LogP contribution in [0.5, 0.6) is 0 Å². The molecule has 0 fully saturated rings. The number of unbranched alkanes of at least 4 members (excludes halogenated alkanes) is 4. The van der Waals surface area contributed by atoms with Crippen LogP contribution in [0.15, 0.2) is 0 Å². The monoisotopic (exact) mass is 269 g/mol. The molecular weight excluding hydrogens is 238 g/mol. The van der Waals surface area contributed by atoms with E-state index in [4.69, 9.17) is 0 Å². The van der Waals surface area contributed by atoms with Crippen LogP contribution < -0.4 is 5.32 Å². The molecule has 0 aliphatic carbocycles. The Labute approximate surface area is 118 Å². The van der Waals surface area contributed by atoms with Crippen LogP contribution in [-0.4, -0.2) is 11.8 Å². The summed E-state index contributed by atoms with van der Waals surface area (Å²) in [5.74, 6) is -0.406. The number of imide groups is 1. The molecule has 0 aliphatic heterocycles. The minimum atomic E-state index is -0.262. The highest BCUT2D eigenvalue weighted by Crippen LogP contribution is 2.30. The fourth-order valence-electron chi connectivity index (χ4n) is 2.30. The Morgan fingerprint density at radius 3 is 2.05 bits per heavy atom. The molecule has 112 valence electrons. The molecule has 0 aromatic heterocycles. The topological polar surface area (TPSA) is 46.2 Å². The van der Waals surface area contributed by atoms with E-state index in [-0.39, 0.29) is 11.8 Å². The van der Waals surface area contributed by atoms with Gasteiger partial charge < -0.3 is 0 Å². The number of carbonyl (C=O) groups is 2. The molecule has 3 heteroatoms. The molecule has 0 aromatic carbocycles. The van der Waals surface area contributed by atoms with Gasteiger partial charge in [-0.2, -0.15) is 0 Å². The summed E-state index contributed by atoms with van der Waals surface area (Å²) in [6.45, 7) is 8.28. The fraction of sp³-hybridized carbons (Fsp3) is 0.875. The summed E-state index contributed by atoms with van der Waals surface area (Å²) in [6, 6.07) is 0. The maximum absolute atomic E-state index is 11.3. The van der Waals surface area contributed by atoms with Crippen LogP contribution in [0, 0.1) is 5.41 Å². The molecule has 0 bridgehead atoms. The van der Waals surface area contributed by atoms with Crippen LogP contribution in [0.2, 0.25) is 0 Å². The molecule has 19 heavy (non-hydrogen) atoms. The van der Waals surface area contributed by atoms with Crippen molar-refractivity contribution in [2.24, 2.45) is 5.41 Å². The van der Waals surface area contributed by atoms with Crippen molar-refractivity contribution < 1.29 is 9.59 Å². The van der Waals surface area contributed by atoms with Gasteiger partial charge in [-0.05, 0) is 24.7 Å². The summed E-state index contributed by atoms with van der Waals surface area (Å²) in [5.41, 5.74) is 0.427. The molecule has 0 saturated heterocycles. The van der Waals surface area contributed by atoms with Crippen molar-refractivity contribution in [1.82, 2.24) is 5.32 Å². The number of rotatable bonds is 10. The number of amides is 2. The van der Waals surface area contributed by atoms with Crippen LogP contribution in [-0.2, 0) is 9.59 Å². The maximum atomic E-state index is 11.3. The third kappa shape index (κ3) is 11.9. The summed E-state index contributed by atoms with van der Waals surface area (Å²) in [5, 5.41) is 2.31. The van der Waals surface area contributed by atoms with Gasteiger partial charge in [-0.1, -0.05) is 52.9 Å². The smallest absolute Gasteiger partial charge is 0.226 e. The minimum absolute atomic E-state index is 0.144. The second kappa shape index (κ2) is 9.99. The molecular formula is C16H31NO2. The third-order valence-electron chi connectivity index (χ3n) is 3.53. The van der Waals surface area contributed by atoms with Gasteiger partial charge in [0.2, 0.25) is 11.8 Å². The number of nitrogens with one attached hydrogen (secondary N) is 1. The van der Waals surface area contributed by atoms with E-state index >= 15 is 0 Å². The molecule has 1 N–H and O–H groups in total. The standard InChI is InChI=1S/C16H31NO2/c1-5-6-9-12-16(3,4)13-10-7-8-11-15(19)17-14(2)18/h5-13H2,1-4H3,(H,17,18,19). The van der Waals surface area contributed by atoms with Crippen molar-refractivity contribution in [2.75, 3.05) is 0 Å². The van der Waals surface area contributed by atoms with E-state index in [1.165, 1.54) is 45.4 Å². The fourth-order valence-corrected chi connectivity index (χ4v) is 2.30. The van der Waals surface area contributed by atoms with Gasteiger partial charge in [0.1, 0.15) is 0 Å². The number of hydrogen-bond acceptors (Lipinski definition) is 2. The second-order valence-corrected chi connectivity index (χ2v) is 6.29. The predicted molar refractivity (Wildman–Crippen MR) is 79.8 cm³/mol. The van der Waals surface area contributed by atoms with Crippen LogP contribution in [0.25, 0.3) is 0 Å². The Morgan fingerprint density at radius 1 is 0.947 bits per heavy atom. The van der Waals surface area contributed by atoms with E-state index in [0.29, 0.717) is 11.8 Å². The molecule has 0 aliphatic rings. The first-order chi connectivity index (χ1) is 8.87. The molecule has 0 rings (SSSR count). The molecule has 3 nitrogen and oxygen atoms in total. The van der Waals surface area contributed by atoms with Crippen LogP contribution in [0.1, 0.15) is 85.5 Å².